The second-order valence-electron chi connectivity index (χ2n) is 5.63. The summed E-state index contributed by atoms with van der Waals surface area (Å²) in [6, 6.07) is 7.38. The number of benzene rings is 1. The first-order chi connectivity index (χ1) is 10.7. The van der Waals surface area contributed by atoms with Crippen LogP contribution in [0.2, 0.25) is 0 Å². The molecule has 118 valence electrons. The highest BCUT2D eigenvalue weighted by Crippen LogP contribution is 2.34. The van der Waals surface area contributed by atoms with E-state index in [2.05, 4.69) is 17.1 Å². The van der Waals surface area contributed by atoms with E-state index in [1.165, 1.54) is 0 Å². The van der Waals surface area contributed by atoms with Crippen LogP contribution in [0.3, 0.4) is 0 Å². The minimum atomic E-state index is 0.169. The van der Waals surface area contributed by atoms with Gasteiger partial charge >= 0.3 is 0 Å². The van der Waals surface area contributed by atoms with Gasteiger partial charge < -0.3 is 24.6 Å². The average Bonchev–Trinajstić information content (AvgIpc) is 2.94. The molecule has 2 aromatic rings. The number of aromatic nitrogens is 1. The number of piperidine rings is 1. The molecule has 2 N–H and O–H groups in total. The first-order valence-corrected chi connectivity index (χ1v) is 7.41. The van der Waals surface area contributed by atoms with Crippen molar-refractivity contribution in [3.63, 3.8) is 0 Å². The lowest BCUT2D eigenvalue weighted by Gasteiger charge is -2.30. The molecule has 3 rings (SSSR count). The molecule has 2 heterocycles. The Hall–Kier alpha value is -2.21. The fraction of sp³-hybridized carbons (Fsp3) is 0.438. The first-order valence-electron chi connectivity index (χ1n) is 7.41. The fourth-order valence-corrected chi connectivity index (χ4v) is 2.74. The zero-order valence-electron chi connectivity index (χ0n) is 12.9. The molecule has 1 aromatic heterocycles. The van der Waals surface area contributed by atoms with E-state index in [-0.39, 0.29) is 6.10 Å². The molecular formula is C16H21N3O3. The molecule has 1 aromatic carbocycles. The number of nitrogens with zero attached hydrogens (tertiary/aromatic N) is 2. The molecule has 1 aliphatic rings. The standard InChI is InChI=1S/C16H21N3O3/c1-19-7-3-4-12(10-19)21-15-8-11(5-6-13(15)20-2)14-9-16(17)18-22-14/h5-6,8-9,12H,3-4,7,10H2,1-2H3,(H2,17,18). The number of nitrogens with two attached hydrogens (primary N) is 1. The van der Waals surface area contributed by atoms with E-state index in [9.17, 15) is 0 Å². The molecule has 1 atom stereocenters. The van der Waals surface area contributed by atoms with E-state index in [0.29, 0.717) is 17.3 Å². The van der Waals surface area contributed by atoms with Gasteiger partial charge in [0, 0.05) is 18.2 Å². The highest BCUT2D eigenvalue weighted by Gasteiger charge is 2.20. The summed E-state index contributed by atoms with van der Waals surface area (Å²) in [5.41, 5.74) is 6.47. The van der Waals surface area contributed by atoms with Crippen molar-refractivity contribution in [1.82, 2.24) is 10.1 Å². The van der Waals surface area contributed by atoms with E-state index >= 15 is 0 Å². The van der Waals surface area contributed by atoms with Crippen molar-refractivity contribution in [2.45, 2.75) is 18.9 Å². The third-order valence-corrected chi connectivity index (χ3v) is 3.85. The summed E-state index contributed by atoms with van der Waals surface area (Å²) in [7, 11) is 3.75. The van der Waals surface area contributed by atoms with Gasteiger partial charge in [-0.05, 0) is 44.6 Å². The van der Waals surface area contributed by atoms with Crippen molar-refractivity contribution in [3.05, 3.63) is 24.3 Å². The SMILES string of the molecule is COc1ccc(-c2cc(N)no2)cc1OC1CCCN(C)C1. The minimum Gasteiger partial charge on any atom is -0.493 e. The third-order valence-electron chi connectivity index (χ3n) is 3.85. The van der Waals surface area contributed by atoms with Crippen LogP contribution in [0.25, 0.3) is 11.3 Å². The largest absolute Gasteiger partial charge is 0.493 e. The van der Waals surface area contributed by atoms with Crippen LogP contribution in [-0.4, -0.2) is 43.4 Å². The molecule has 22 heavy (non-hydrogen) atoms. The molecule has 0 aliphatic carbocycles. The van der Waals surface area contributed by atoms with Crippen LogP contribution in [0, 0.1) is 0 Å². The summed E-state index contributed by atoms with van der Waals surface area (Å²) >= 11 is 0. The van der Waals surface area contributed by atoms with Gasteiger partial charge in [0.1, 0.15) is 6.10 Å². The normalized spacial score (nSPS) is 19.1. The van der Waals surface area contributed by atoms with Crippen LogP contribution in [-0.2, 0) is 0 Å². The number of anilines is 1. The molecule has 1 saturated heterocycles. The molecule has 1 unspecified atom stereocenters. The molecule has 1 aliphatic heterocycles. The Morgan fingerprint density at radius 1 is 1.32 bits per heavy atom. The summed E-state index contributed by atoms with van der Waals surface area (Å²) in [5, 5.41) is 3.71. The minimum absolute atomic E-state index is 0.169. The fourth-order valence-electron chi connectivity index (χ4n) is 2.74. The number of ether oxygens (including phenoxy) is 2. The van der Waals surface area contributed by atoms with Gasteiger partial charge in [-0.1, -0.05) is 5.16 Å². The summed E-state index contributed by atoms with van der Waals surface area (Å²) in [6.07, 6.45) is 2.36. The number of methoxy groups -OCH3 is 1. The van der Waals surface area contributed by atoms with Gasteiger partial charge in [-0.3, -0.25) is 0 Å². The molecule has 0 bridgehead atoms. The van der Waals surface area contributed by atoms with Crippen molar-refractivity contribution < 1.29 is 14.0 Å². The maximum Gasteiger partial charge on any atom is 0.169 e. The van der Waals surface area contributed by atoms with Gasteiger partial charge in [-0.2, -0.15) is 0 Å². The van der Waals surface area contributed by atoms with Crippen molar-refractivity contribution in [1.29, 1.82) is 0 Å². The molecule has 0 spiro atoms. The van der Waals surface area contributed by atoms with E-state index in [1.54, 1.807) is 13.2 Å². The first kappa shape index (κ1) is 14.7. The molecule has 1 fully saturated rings. The lowest BCUT2D eigenvalue weighted by Crippen LogP contribution is -2.38. The number of hydrogen-bond donors (Lipinski definition) is 1. The number of nitrogen functional groups attached to an aromatic ring is 1. The lowest BCUT2D eigenvalue weighted by molar-refractivity contribution is 0.101. The van der Waals surface area contributed by atoms with Crippen LogP contribution >= 0.6 is 0 Å². The number of hydrogen-bond acceptors (Lipinski definition) is 6. The van der Waals surface area contributed by atoms with Crippen LogP contribution in [0.1, 0.15) is 12.8 Å². The van der Waals surface area contributed by atoms with Crippen LogP contribution in [0.5, 0.6) is 11.5 Å². The molecular weight excluding hydrogens is 282 g/mol. The van der Waals surface area contributed by atoms with E-state index in [0.717, 1.165) is 37.2 Å². The Kier molecular flexibility index (Phi) is 4.20. The molecule has 6 heteroatoms. The Morgan fingerprint density at radius 2 is 2.18 bits per heavy atom. The van der Waals surface area contributed by atoms with Crippen molar-refractivity contribution in [3.8, 4) is 22.8 Å². The predicted octanol–water partition coefficient (Wildman–Crippen LogP) is 2.41. The zero-order chi connectivity index (χ0) is 15.5. The topological polar surface area (TPSA) is 73.8 Å². The Labute approximate surface area is 129 Å². The van der Waals surface area contributed by atoms with Gasteiger partial charge in [0.25, 0.3) is 0 Å². The second-order valence-corrected chi connectivity index (χ2v) is 5.63. The third kappa shape index (κ3) is 3.17. The second kappa shape index (κ2) is 6.27. The average molecular weight is 303 g/mol. The van der Waals surface area contributed by atoms with Crippen molar-refractivity contribution >= 4 is 5.82 Å². The maximum absolute atomic E-state index is 6.16. The number of likely N-dealkylation sites (tertiary alicyclic amines) is 1. The monoisotopic (exact) mass is 303 g/mol. The molecule has 0 amide bonds. The van der Waals surface area contributed by atoms with E-state index < -0.39 is 0 Å². The summed E-state index contributed by atoms with van der Waals surface area (Å²) in [5.74, 6) is 2.41. The van der Waals surface area contributed by atoms with Crippen LogP contribution in [0.4, 0.5) is 5.82 Å². The van der Waals surface area contributed by atoms with Gasteiger partial charge in [0.2, 0.25) is 0 Å². The van der Waals surface area contributed by atoms with Gasteiger partial charge in [0.15, 0.2) is 23.1 Å². The Bertz CT molecular complexity index is 641. The Balaban J connectivity index is 1.84. The summed E-state index contributed by atoms with van der Waals surface area (Å²) in [4.78, 5) is 2.28. The summed E-state index contributed by atoms with van der Waals surface area (Å²) < 4.78 is 16.8. The van der Waals surface area contributed by atoms with E-state index in [4.69, 9.17) is 19.7 Å². The maximum atomic E-state index is 6.16. The zero-order valence-corrected chi connectivity index (χ0v) is 12.9. The Morgan fingerprint density at radius 3 is 2.86 bits per heavy atom. The highest BCUT2D eigenvalue weighted by molar-refractivity contribution is 5.64. The predicted molar refractivity (Wildman–Crippen MR) is 84.1 cm³/mol. The van der Waals surface area contributed by atoms with Crippen LogP contribution in [0.15, 0.2) is 28.8 Å². The van der Waals surface area contributed by atoms with Crippen LogP contribution < -0.4 is 15.2 Å². The highest BCUT2D eigenvalue weighted by atomic mass is 16.5. The molecule has 0 radical (unpaired) electrons. The van der Waals surface area contributed by atoms with E-state index in [1.807, 2.05) is 18.2 Å². The number of rotatable bonds is 4. The number of likely N-dealkylation sites (N-methyl/N-ethyl adjacent to an activating group) is 1. The molecule has 0 saturated carbocycles. The smallest absolute Gasteiger partial charge is 0.169 e. The van der Waals surface area contributed by atoms with Gasteiger partial charge in [-0.25, -0.2) is 0 Å². The van der Waals surface area contributed by atoms with Gasteiger partial charge in [-0.15, -0.1) is 0 Å². The van der Waals surface area contributed by atoms with Crippen molar-refractivity contribution in [2.75, 3.05) is 33.0 Å². The lowest BCUT2D eigenvalue weighted by atomic mass is 10.1. The quantitative estimate of drug-likeness (QED) is 0.935. The molecule has 6 nitrogen and oxygen atoms in total. The summed E-state index contributed by atoms with van der Waals surface area (Å²) in [6.45, 7) is 2.04. The van der Waals surface area contributed by atoms with Crippen molar-refractivity contribution in [2.24, 2.45) is 0 Å². The van der Waals surface area contributed by atoms with Gasteiger partial charge in [0.05, 0.1) is 7.11 Å².